The highest BCUT2D eigenvalue weighted by Crippen LogP contribution is 2.22. The van der Waals surface area contributed by atoms with Gasteiger partial charge in [0.05, 0.1) is 12.1 Å². The van der Waals surface area contributed by atoms with E-state index in [2.05, 4.69) is 20.8 Å². The predicted molar refractivity (Wildman–Crippen MR) is 126 cm³/mol. The molecule has 0 aliphatic carbocycles. The molecule has 1 heterocycles. The van der Waals surface area contributed by atoms with Crippen LogP contribution in [0.2, 0.25) is 0 Å². The van der Waals surface area contributed by atoms with Gasteiger partial charge in [-0.3, -0.25) is 18.7 Å². The molecule has 0 radical (unpaired) electrons. The molecule has 0 aliphatic heterocycles. The number of carbonyl (C=O) groups excluding carboxylic acids is 2. The number of Topliss-reactive ketones (excluding diaryl/α,β-unsaturated/α-hetero) is 1. The Morgan fingerprint density at radius 2 is 1.58 bits per heavy atom. The van der Waals surface area contributed by atoms with Gasteiger partial charge in [0, 0.05) is 7.05 Å². The zero-order valence-electron chi connectivity index (χ0n) is 19.1. The van der Waals surface area contributed by atoms with Gasteiger partial charge in [-0.2, -0.15) is 0 Å². The van der Waals surface area contributed by atoms with Crippen molar-refractivity contribution in [3.05, 3.63) is 97.7 Å². The Morgan fingerprint density at radius 1 is 0.970 bits per heavy atom. The van der Waals surface area contributed by atoms with E-state index in [9.17, 15) is 19.2 Å². The van der Waals surface area contributed by atoms with Gasteiger partial charge in [-0.15, -0.1) is 0 Å². The first-order valence-electron chi connectivity index (χ1n) is 10.4. The predicted octanol–water partition coefficient (Wildman–Crippen LogP) is 2.51. The number of benzene rings is 2. The molecule has 0 aliphatic rings. The molecule has 8 heteroatoms. The fourth-order valence-corrected chi connectivity index (χ4v) is 3.36. The Balaban J connectivity index is 1.83. The molecular formula is C25H27N3O5. The summed E-state index contributed by atoms with van der Waals surface area (Å²) in [6.07, 6.45) is 0. The van der Waals surface area contributed by atoms with Gasteiger partial charge in [0.25, 0.3) is 5.56 Å². The summed E-state index contributed by atoms with van der Waals surface area (Å²) in [6.45, 7) is 5.58. The van der Waals surface area contributed by atoms with E-state index in [0.717, 1.165) is 20.3 Å². The van der Waals surface area contributed by atoms with E-state index in [1.54, 1.807) is 36.4 Å². The summed E-state index contributed by atoms with van der Waals surface area (Å²) in [5, 5.41) is 0. The number of hydrogen-bond donors (Lipinski definition) is 1. The van der Waals surface area contributed by atoms with Gasteiger partial charge in [-0.25, -0.2) is 9.59 Å². The van der Waals surface area contributed by atoms with Crippen LogP contribution < -0.4 is 17.0 Å². The summed E-state index contributed by atoms with van der Waals surface area (Å²) in [6, 6.07) is 15.9. The molecule has 3 aromatic rings. The molecule has 0 bridgehead atoms. The number of aromatic nitrogens is 2. The molecule has 0 unspecified atom stereocenters. The third-order valence-electron chi connectivity index (χ3n) is 5.37. The fourth-order valence-electron chi connectivity index (χ4n) is 3.36. The topological polar surface area (TPSA) is 113 Å². The van der Waals surface area contributed by atoms with Crippen molar-refractivity contribution < 1.29 is 14.3 Å². The third-order valence-corrected chi connectivity index (χ3v) is 5.37. The summed E-state index contributed by atoms with van der Waals surface area (Å²) in [5.41, 5.74) is 6.23. The van der Waals surface area contributed by atoms with Gasteiger partial charge >= 0.3 is 11.7 Å². The van der Waals surface area contributed by atoms with Gasteiger partial charge in [-0.05, 0) is 28.7 Å². The molecule has 0 saturated heterocycles. The lowest BCUT2D eigenvalue weighted by molar-refractivity contribution is 0.0474. The smallest absolute Gasteiger partial charge is 0.338 e. The van der Waals surface area contributed by atoms with Crippen LogP contribution in [0, 0.1) is 0 Å². The quantitative estimate of drug-likeness (QED) is 0.457. The number of carbonyl (C=O) groups is 2. The Morgan fingerprint density at radius 3 is 2.15 bits per heavy atom. The molecule has 8 nitrogen and oxygen atoms in total. The van der Waals surface area contributed by atoms with Crippen molar-refractivity contribution in [3.8, 4) is 0 Å². The lowest BCUT2D eigenvalue weighted by atomic mass is 9.87. The van der Waals surface area contributed by atoms with E-state index >= 15 is 0 Å². The van der Waals surface area contributed by atoms with E-state index in [0.29, 0.717) is 0 Å². The van der Waals surface area contributed by atoms with Gasteiger partial charge < -0.3 is 10.5 Å². The van der Waals surface area contributed by atoms with Crippen molar-refractivity contribution in [2.75, 3.05) is 12.3 Å². The molecule has 0 atom stereocenters. The molecule has 33 heavy (non-hydrogen) atoms. The SMILES string of the molecule is Cn1c(=O)c(C(=O)COC(=O)c2ccc(C(C)(C)C)cc2)c(N)n(Cc2ccccc2)c1=O. The largest absolute Gasteiger partial charge is 0.454 e. The summed E-state index contributed by atoms with van der Waals surface area (Å²) < 4.78 is 7.10. The highest BCUT2D eigenvalue weighted by molar-refractivity contribution is 6.02. The van der Waals surface area contributed by atoms with Crippen LogP contribution in [0.4, 0.5) is 5.82 Å². The molecule has 1 aromatic heterocycles. The third kappa shape index (κ3) is 5.11. The van der Waals surface area contributed by atoms with E-state index < -0.39 is 29.6 Å². The summed E-state index contributed by atoms with van der Waals surface area (Å²) in [7, 11) is 1.27. The minimum absolute atomic E-state index is 0.0706. The van der Waals surface area contributed by atoms with Crippen molar-refractivity contribution in [1.29, 1.82) is 0 Å². The van der Waals surface area contributed by atoms with Crippen LogP contribution in [-0.2, 0) is 23.7 Å². The van der Waals surface area contributed by atoms with Crippen molar-refractivity contribution in [3.63, 3.8) is 0 Å². The Kier molecular flexibility index (Phi) is 6.67. The van der Waals surface area contributed by atoms with Crippen molar-refractivity contribution in [2.24, 2.45) is 7.05 Å². The van der Waals surface area contributed by atoms with Crippen LogP contribution in [-0.4, -0.2) is 27.5 Å². The second-order valence-electron chi connectivity index (χ2n) is 8.81. The van der Waals surface area contributed by atoms with Crippen LogP contribution in [0.5, 0.6) is 0 Å². The van der Waals surface area contributed by atoms with Crippen molar-refractivity contribution in [1.82, 2.24) is 9.13 Å². The van der Waals surface area contributed by atoms with Crippen molar-refractivity contribution >= 4 is 17.6 Å². The first-order chi connectivity index (χ1) is 15.5. The molecule has 0 amide bonds. The maximum atomic E-state index is 12.8. The lowest BCUT2D eigenvalue weighted by Gasteiger charge is -2.19. The number of ether oxygens (including phenoxy) is 1. The fraction of sp³-hybridized carbons (Fsp3) is 0.280. The van der Waals surface area contributed by atoms with Crippen LogP contribution in [0.1, 0.15) is 52.6 Å². The van der Waals surface area contributed by atoms with Crippen LogP contribution in [0.15, 0.2) is 64.2 Å². The number of hydrogen-bond acceptors (Lipinski definition) is 6. The summed E-state index contributed by atoms with van der Waals surface area (Å²) >= 11 is 0. The molecule has 0 fully saturated rings. The van der Waals surface area contributed by atoms with E-state index in [-0.39, 0.29) is 28.9 Å². The minimum Gasteiger partial charge on any atom is -0.454 e. The maximum Gasteiger partial charge on any atom is 0.338 e. The zero-order chi connectivity index (χ0) is 24.3. The Bertz CT molecular complexity index is 1300. The number of nitrogens with zero attached hydrogens (tertiary/aromatic N) is 2. The van der Waals surface area contributed by atoms with Gasteiger partial charge in [0.1, 0.15) is 11.4 Å². The maximum absolute atomic E-state index is 12.8. The van der Waals surface area contributed by atoms with E-state index in [1.807, 2.05) is 18.2 Å². The van der Waals surface area contributed by atoms with Crippen LogP contribution in [0.25, 0.3) is 0 Å². The summed E-state index contributed by atoms with van der Waals surface area (Å²) in [4.78, 5) is 50.4. The molecule has 3 rings (SSSR count). The standard InChI is InChI=1S/C25H27N3O5/c1-25(2,3)18-12-10-17(11-13-18)23(31)33-15-19(29)20-21(26)28(24(32)27(4)22(20)30)14-16-8-6-5-7-9-16/h5-13H,14-15,26H2,1-4H3. The average molecular weight is 450 g/mol. The first kappa shape index (κ1) is 23.7. The van der Waals surface area contributed by atoms with E-state index in [4.69, 9.17) is 10.5 Å². The molecule has 172 valence electrons. The number of nitrogen functional groups attached to an aromatic ring is 1. The van der Waals surface area contributed by atoms with Gasteiger partial charge in [-0.1, -0.05) is 63.2 Å². The monoisotopic (exact) mass is 449 g/mol. The first-order valence-corrected chi connectivity index (χ1v) is 10.4. The average Bonchev–Trinajstić information content (AvgIpc) is 2.79. The highest BCUT2D eigenvalue weighted by atomic mass is 16.5. The number of rotatable bonds is 6. The second kappa shape index (κ2) is 9.28. The van der Waals surface area contributed by atoms with Crippen LogP contribution >= 0.6 is 0 Å². The molecular weight excluding hydrogens is 422 g/mol. The van der Waals surface area contributed by atoms with E-state index in [1.165, 1.54) is 7.05 Å². The molecule has 2 N–H and O–H groups in total. The highest BCUT2D eigenvalue weighted by Gasteiger charge is 2.23. The zero-order valence-corrected chi connectivity index (χ0v) is 19.1. The molecule has 0 saturated carbocycles. The molecule has 2 aromatic carbocycles. The number of anilines is 1. The van der Waals surface area contributed by atoms with Gasteiger partial charge in [0.2, 0.25) is 5.78 Å². The van der Waals surface area contributed by atoms with Crippen LogP contribution in [0.3, 0.4) is 0 Å². The Hall–Kier alpha value is -3.94. The minimum atomic E-state index is -0.836. The van der Waals surface area contributed by atoms with Gasteiger partial charge in [0.15, 0.2) is 6.61 Å². The number of esters is 1. The second-order valence-corrected chi connectivity index (χ2v) is 8.81. The van der Waals surface area contributed by atoms with Crippen molar-refractivity contribution in [2.45, 2.75) is 32.7 Å². The normalized spacial score (nSPS) is 11.3. The Labute approximate surface area is 191 Å². The lowest BCUT2D eigenvalue weighted by Crippen LogP contribution is -2.43. The molecule has 0 spiro atoms. The number of ketones is 1. The number of nitrogens with two attached hydrogens (primary N) is 1. The summed E-state index contributed by atoms with van der Waals surface area (Å²) in [5.74, 6) is -1.74.